The number of aromatic nitrogens is 4. The molecule has 1 amide bonds. The summed E-state index contributed by atoms with van der Waals surface area (Å²) in [5.74, 6) is -0.570. The van der Waals surface area contributed by atoms with Gasteiger partial charge in [-0.1, -0.05) is 17.7 Å². The first-order valence-corrected chi connectivity index (χ1v) is 8.71. The van der Waals surface area contributed by atoms with Gasteiger partial charge >= 0.3 is 0 Å². The zero-order valence-corrected chi connectivity index (χ0v) is 15.8. The van der Waals surface area contributed by atoms with E-state index in [9.17, 15) is 18.0 Å². The largest absolute Gasteiger partial charge is 0.308 e. The number of alkyl halides is 2. The molecule has 0 spiro atoms. The first-order valence-electron chi connectivity index (χ1n) is 8.33. The minimum Gasteiger partial charge on any atom is -0.308 e. The molecule has 0 atom stereocenters. The molecule has 0 bridgehead atoms. The van der Waals surface area contributed by atoms with Crippen LogP contribution in [-0.2, 0) is 17.9 Å². The molecule has 1 N–H and O–H groups in total. The van der Waals surface area contributed by atoms with Crippen molar-refractivity contribution in [3.8, 4) is 0 Å². The number of nitrogens with one attached hydrogen (secondary N) is 1. The molecule has 1 aromatic carbocycles. The number of nitrogens with zero attached hydrogens (tertiary/aromatic N) is 4. The molecule has 2 heterocycles. The first kappa shape index (κ1) is 19.9. The molecule has 0 saturated carbocycles. The van der Waals surface area contributed by atoms with Crippen molar-refractivity contribution in [1.29, 1.82) is 0 Å². The summed E-state index contributed by atoms with van der Waals surface area (Å²) in [7, 11) is 0. The summed E-state index contributed by atoms with van der Waals surface area (Å²) in [5, 5.41) is 10.9. The number of halogens is 4. The van der Waals surface area contributed by atoms with Gasteiger partial charge in [0, 0.05) is 22.5 Å². The van der Waals surface area contributed by atoms with Crippen molar-refractivity contribution < 1.29 is 18.0 Å². The molecular weight excluding hydrogens is 395 g/mol. The number of rotatable bonds is 6. The van der Waals surface area contributed by atoms with Gasteiger partial charge in [-0.3, -0.25) is 14.2 Å². The maximum Gasteiger partial charge on any atom is 0.282 e. The van der Waals surface area contributed by atoms with E-state index in [1.807, 2.05) is 0 Å². The zero-order chi connectivity index (χ0) is 20.4. The number of amides is 1. The fourth-order valence-corrected chi connectivity index (χ4v) is 2.89. The Morgan fingerprint density at radius 2 is 1.86 bits per heavy atom. The van der Waals surface area contributed by atoms with E-state index in [2.05, 4.69) is 15.5 Å². The number of carbonyl (C=O) groups excluding carboxylic acids is 1. The average Bonchev–Trinajstić information content (AvgIpc) is 3.13. The molecule has 0 aliphatic carbocycles. The monoisotopic (exact) mass is 411 g/mol. The zero-order valence-electron chi connectivity index (χ0n) is 15.1. The third-order valence-corrected chi connectivity index (χ3v) is 4.45. The highest BCUT2D eigenvalue weighted by Crippen LogP contribution is 2.20. The lowest BCUT2D eigenvalue weighted by atomic mass is 10.2. The second-order valence-corrected chi connectivity index (χ2v) is 6.69. The molecule has 10 heteroatoms. The van der Waals surface area contributed by atoms with Crippen molar-refractivity contribution in [3.63, 3.8) is 0 Å². The van der Waals surface area contributed by atoms with Crippen LogP contribution >= 0.6 is 11.6 Å². The molecule has 0 saturated heterocycles. The Hall–Kier alpha value is -2.81. The average molecular weight is 412 g/mol. The Balaban J connectivity index is 1.68. The topological polar surface area (TPSA) is 64.7 Å². The van der Waals surface area contributed by atoms with Gasteiger partial charge in [0.05, 0.1) is 6.54 Å². The SMILES string of the molecule is Cc1cc(NC(=O)Cn2nc(C(F)F)cc2C)nn1Cc1ccc(F)cc1Cl. The predicted molar refractivity (Wildman–Crippen MR) is 98.0 cm³/mol. The Kier molecular flexibility index (Phi) is 5.73. The van der Waals surface area contributed by atoms with Crippen LogP contribution in [-0.4, -0.2) is 25.5 Å². The maximum absolute atomic E-state index is 13.2. The van der Waals surface area contributed by atoms with Crippen LogP contribution in [0.25, 0.3) is 0 Å². The molecule has 0 fully saturated rings. The number of anilines is 1. The van der Waals surface area contributed by atoms with Crippen molar-refractivity contribution in [2.75, 3.05) is 5.32 Å². The number of carbonyl (C=O) groups is 1. The smallest absolute Gasteiger partial charge is 0.282 e. The summed E-state index contributed by atoms with van der Waals surface area (Å²) in [6.07, 6.45) is -2.69. The van der Waals surface area contributed by atoms with Crippen molar-refractivity contribution in [2.24, 2.45) is 0 Å². The third-order valence-electron chi connectivity index (χ3n) is 4.10. The van der Waals surface area contributed by atoms with Crippen molar-refractivity contribution in [1.82, 2.24) is 19.6 Å². The van der Waals surface area contributed by atoms with Crippen LogP contribution in [0.15, 0.2) is 30.3 Å². The predicted octanol–water partition coefficient (Wildman–Crippen LogP) is 4.11. The van der Waals surface area contributed by atoms with E-state index in [0.717, 1.165) is 5.69 Å². The molecule has 0 aliphatic rings. The second kappa shape index (κ2) is 8.05. The summed E-state index contributed by atoms with van der Waals surface area (Å²) in [5.41, 5.74) is 1.52. The highest BCUT2D eigenvalue weighted by Gasteiger charge is 2.16. The highest BCUT2D eigenvalue weighted by molar-refractivity contribution is 6.31. The van der Waals surface area contributed by atoms with E-state index in [4.69, 9.17) is 11.6 Å². The lowest BCUT2D eigenvalue weighted by Crippen LogP contribution is -2.20. The Bertz CT molecular complexity index is 1010. The molecule has 3 aromatic rings. The summed E-state index contributed by atoms with van der Waals surface area (Å²) in [4.78, 5) is 12.2. The molecule has 28 heavy (non-hydrogen) atoms. The highest BCUT2D eigenvalue weighted by atomic mass is 35.5. The van der Waals surface area contributed by atoms with E-state index in [-0.39, 0.29) is 17.3 Å². The van der Waals surface area contributed by atoms with Crippen molar-refractivity contribution >= 4 is 23.3 Å². The molecule has 6 nitrogen and oxygen atoms in total. The van der Waals surface area contributed by atoms with Gasteiger partial charge in [0.25, 0.3) is 6.43 Å². The van der Waals surface area contributed by atoms with E-state index >= 15 is 0 Å². The van der Waals surface area contributed by atoms with Crippen LogP contribution in [0.3, 0.4) is 0 Å². The molecule has 148 valence electrons. The first-order chi connectivity index (χ1) is 13.2. The fraction of sp³-hybridized carbons (Fsp3) is 0.278. The molecule has 3 rings (SSSR count). The standard InChI is InChI=1S/C18H17ClF3N5O/c1-10-5-15(18(21)22)24-27(10)9-17(28)23-16-6-11(2)26(25-16)8-12-3-4-13(20)7-14(12)19/h3-7,18H,8-9H2,1-2H3,(H,23,25,28). The molecule has 0 unspecified atom stereocenters. The third kappa shape index (κ3) is 4.53. The van der Waals surface area contributed by atoms with E-state index < -0.39 is 18.1 Å². The second-order valence-electron chi connectivity index (χ2n) is 6.28. The van der Waals surface area contributed by atoms with Gasteiger partial charge in [0.15, 0.2) is 5.82 Å². The Labute approximate surface area is 163 Å². The number of benzene rings is 1. The Morgan fingerprint density at radius 3 is 2.50 bits per heavy atom. The van der Waals surface area contributed by atoms with Crippen LogP contribution in [0.4, 0.5) is 19.0 Å². The van der Waals surface area contributed by atoms with Crippen molar-refractivity contribution in [3.05, 3.63) is 63.8 Å². The summed E-state index contributed by atoms with van der Waals surface area (Å²) >= 11 is 6.04. The summed E-state index contributed by atoms with van der Waals surface area (Å²) in [6, 6.07) is 7.00. The van der Waals surface area contributed by atoms with Crippen LogP contribution in [0, 0.1) is 19.7 Å². The molecule has 0 radical (unpaired) electrons. The van der Waals surface area contributed by atoms with E-state index in [0.29, 0.717) is 23.6 Å². The summed E-state index contributed by atoms with van der Waals surface area (Å²) in [6.45, 7) is 3.48. The number of hydrogen-bond donors (Lipinski definition) is 1. The minimum absolute atomic E-state index is 0.214. The van der Waals surface area contributed by atoms with Crippen LogP contribution in [0.1, 0.15) is 29.1 Å². The van der Waals surface area contributed by atoms with Crippen LogP contribution in [0.2, 0.25) is 5.02 Å². The number of hydrogen-bond acceptors (Lipinski definition) is 3. The summed E-state index contributed by atoms with van der Waals surface area (Å²) < 4.78 is 41.4. The quantitative estimate of drug-likeness (QED) is 0.663. The number of aryl methyl sites for hydroxylation is 2. The normalized spacial score (nSPS) is 11.2. The van der Waals surface area contributed by atoms with E-state index in [1.165, 1.54) is 22.9 Å². The lowest BCUT2D eigenvalue weighted by molar-refractivity contribution is -0.117. The Morgan fingerprint density at radius 1 is 1.14 bits per heavy atom. The fourth-order valence-electron chi connectivity index (χ4n) is 2.66. The maximum atomic E-state index is 13.2. The van der Waals surface area contributed by atoms with Crippen LogP contribution < -0.4 is 5.32 Å². The van der Waals surface area contributed by atoms with Gasteiger partial charge in [0.2, 0.25) is 5.91 Å². The van der Waals surface area contributed by atoms with E-state index in [1.54, 1.807) is 30.7 Å². The minimum atomic E-state index is -2.69. The van der Waals surface area contributed by atoms with Gasteiger partial charge in [-0.2, -0.15) is 10.2 Å². The van der Waals surface area contributed by atoms with Gasteiger partial charge in [-0.25, -0.2) is 13.2 Å². The van der Waals surface area contributed by atoms with Gasteiger partial charge in [0.1, 0.15) is 18.1 Å². The molecular formula is C18H17ClF3N5O. The van der Waals surface area contributed by atoms with Gasteiger partial charge < -0.3 is 5.32 Å². The molecule has 2 aromatic heterocycles. The van der Waals surface area contributed by atoms with Crippen LogP contribution in [0.5, 0.6) is 0 Å². The van der Waals surface area contributed by atoms with Gasteiger partial charge in [-0.15, -0.1) is 0 Å². The van der Waals surface area contributed by atoms with Gasteiger partial charge in [-0.05, 0) is 37.6 Å². The lowest BCUT2D eigenvalue weighted by Gasteiger charge is -2.07. The van der Waals surface area contributed by atoms with Crippen molar-refractivity contribution in [2.45, 2.75) is 33.4 Å². The molecule has 0 aliphatic heterocycles.